The SMILES string of the molecule is COc1c(C)cc(COC(=O)C2CCc3[nH]c4ccccc4c3C2)cc1C. The maximum absolute atomic E-state index is 12.7. The molecule has 0 bridgehead atoms. The van der Waals surface area contributed by atoms with Gasteiger partial charge in [-0.25, -0.2) is 0 Å². The molecule has 1 N–H and O–H groups in total. The highest BCUT2D eigenvalue weighted by atomic mass is 16.5. The third-order valence-electron chi connectivity index (χ3n) is 5.53. The molecule has 3 aromatic rings. The van der Waals surface area contributed by atoms with Crippen LogP contribution in [0.3, 0.4) is 0 Å². The summed E-state index contributed by atoms with van der Waals surface area (Å²) >= 11 is 0. The Morgan fingerprint density at radius 1 is 1.19 bits per heavy atom. The summed E-state index contributed by atoms with van der Waals surface area (Å²) in [4.78, 5) is 16.2. The Morgan fingerprint density at radius 2 is 1.93 bits per heavy atom. The number of H-pyrrole nitrogens is 1. The molecule has 0 aliphatic heterocycles. The van der Waals surface area contributed by atoms with Gasteiger partial charge in [0, 0.05) is 16.6 Å². The third kappa shape index (κ3) is 3.32. The number of aromatic amines is 1. The van der Waals surface area contributed by atoms with Crippen molar-refractivity contribution in [2.45, 2.75) is 39.7 Å². The van der Waals surface area contributed by atoms with Crippen LogP contribution >= 0.6 is 0 Å². The highest BCUT2D eigenvalue weighted by Gasteiger charge is 2.28. The van der Waals surface area contributed by atoms with Gasteiger partial charge in [-0.3, -0.25) is 4.79 Å². The molecule has 2 aromatic carbocycles. The van der Waals surface area contributed by atoms with Crippen molar-refractivity contribution in [3.8, 4) is 5.75 Å². The van der Waals surface area contributed by atoms with E-state index < -0.39 is 0 Å². The number of hydrogen-bond donors (Lipinski definition) is 1. The van der Waals surface area contributed by atoms with Crippen LogP contribution in [-0.4, -0.2) is 18.1 Å². The standard InChI is InChI=1S/C23H25NO3/c1-14-10-16(11-15(2)22(14)26-3)13-27-23(25)17-8-9-21-19(12-17)18-6-4-5-7-20(18)24-21/h4-7,10-11,17,24H,8-9,12-13H2,1-3H3. The molecular weight excluding hydrogens is 338 g/mol. The first-order valence-corrected chi connectivity index (χ1v) is 9.46. The molecule has 1 aromatic heterocycles. The second-order valence-corrected chi connectivity index (χ2v) is 7.44. The van der Waals surface area contributed by atoms with Crippen LogP contribution in [0, 0.1) is 19.8 Å². The Labute approximate surface area is 159 Å². The van der Waals surface area contributed by atoms with Crippen molar-refractivity contribution in [3.05, 3.63) is 64.3 Å². The molecule has 1 aliphatic carbocycles. The molecule has 140 valence electrons. The third-order valence-corrected chi connectivity index (χ3v) is 5.53. The van der Waals surface area contributed by atoms with E-state index in [1.807, 2.05) is 38.1 Å². The van der Waals surface area contributed by atoms with Crippen LogP contribution < -0.4 is 4.74 Å². The fraction of sp³-hybridized carbons (Fsp3) is 0.348. The Morgan fingerprint density at radius 3 is 2.67 bits per heavy atom. The monoisotopic (exact) mass is 363 g/mol. The Kier molecular flexibility index (Phi) is 4.65. The van der Waals surface area contributed by atoms with Gasteiger partial charge in [-0.05, 0) is 73.6 Å². The van der Waals surface area contributed by atoms with Crippen molar-refractivity contribution in [3.63, 3.8) is 0 Å². The molecule has 0 saturated heterocycles. The molecule has 4 rings (SSSR count). The molecule has 1 aliphatic rings. The van der Waals surface area contributed by atoms with Crippen LogP contribution in [0.2, 0.25) is 0 Å². The van der Waals surface area contributed by atoms with Crippen molar-refractivity contribution in [2.75, 3.05) is 7.11 Å². The van der Waals surface area contributed by atoms with Gasteiger partial charge >= 0.3 is 5.97 Å². The zero-order chi connectivity index (χ0) is 19.0. The van der Waals surface area contributed by atoms with E-state index in [0.717, 1.165) is 47.2 Å². The van der Waals surface area contributed by atoms with Crippen LogP contribution in [0.1, 0.15) is 34.4 Å². The van der Waals surface area contributed by atoms with E-state index in [0.29, 0.717) is 6.61 Å². The summed E-state index contributed by atoms with van der Waals surface area (Å²) in [6, 6.07) is 12.4. The van der Waals surface area contributed by atoms with E-state index >= 15 is 0 Å². The van der Waals surface area contributed by atoms with Gasteiger partial charge in [0.25, 0.3) is 0 Å². The minimum atomic E-state index is -0.0999. The van der Waals surface area contributed by atoms with E-state index in [2.05, 4.69) is 17.1 Å². The zero-order valence-electron chi connectivity index (χ0n) is 16.1. The van der Waals surface area contributed by atoms with Gasteiger partial charge in [0.1, 0.15) is 12.4 Å². The van der Waals surface area contributed by atoms with Crippen molar-refractivity contribution in [1.82, 2.24) is 4.98 Å². The Balaban J connectivity index is 1.45. The summed E-state index contributed by atoms with van der Waals surface area (Å²) in [6.07, 6.45) is 2.47. The molecule has 4 heteroatoms. The van der Waals surface area contributed by atoms with E-state index in [9.17, 15) is 4.79 Å². The number of aromatic nitrogens is 1. The van der Waals surface area contributed by atoms with Gasteiger partial charge in [0.05, 0.1) is 13.0 Å². The number of esters is 1. The van der Waals surface area contributed by atoms with Gasteiger partial charge in [0.15, 0.2) is 0 Å². The predicted octanol–water partition coefficient (Wildman–Crippen LogP) is 4.64. The van der Waals surface area contributed by atoms with E-state index in [4.69, 9.17) is 9.47 Å². The van der Waals surface area contributed by atoms with Crippen molar-refractivity contribution >= 4 is 16.9 Å². The molecule has 0 saturated carbocycles. The summed E-state index contributed by atoms with van der Waals surface area (Å²) in [6.45, 7) is 4.33. The van der Waals surface area contributed by atoms with Gasteiger partial charge in [0.2, 0.25) is 0 Å². The van der Waals surface area contributed by atoms with Crippen LogP contribution in [0.15, 0.2) is 36.4 Å². The summed E-state index contributed by atoms with van der Waals surface area (Å²) in [5.41, 5.74) is 6.81. The predicted molar refractivity (Wildman–Crippen MR) is 106 cm³/mol. The molecule has 0 spiro atoms. The maximum Gasteiger partial charge on any atom is 0.309 e. The number of nitrogens with one attached hydrogen (secondary N) is 1. The molecule has 1 heterocycles. The number of fused-ring (bicyclic) bond motifs is 3. The molecule has 27 heavy (non-hydrogen) atoms. The minimum Gasteiger partial charge on any atom is -0.496 e. The molecular formula is C23H25NO3. The van der Waals surface area contributed by atoms with Crippen LogP contribution in [0.5, 0.6) is 5.75 Å². The van der Waals surface area contributed by atoms with Crippen molar-refractivity contribution in [1.29, 1.82) is 0 Å². The average molecular weight is 363 g/mol. The first kappa shape index (κ1) is 17.7. The van der Waals surface area contributed by atoms with Crippen LogP contribution in [0.4, 0.5) is 0 Å². The second kappa shape index (κ2) is 7.10. The summed E-state index contributed by atoms with van der Waals surface area (Å²) < 4.78 is 11.1. The summed E-state index contributed by atoms with van der Waals surface area (Å²) in [7, 11) is 1.68. The van der Waals surface area contributed by atoms with E-state index in [1.165, 1.54) is 16.6 Å². The average Bonchev–Trinajstić information content (AvgIpc) is 3.04. The normalized spacial score (nSPS) is 16.2. The zero-order valence-corrected chi connectivity index (χ0v) is 16.1. The van der Waals surface area contributed by atoms with Crippen molar-refractivity contribution in [2.24, 2.45) is 5.92 Å². The lowest BCUT2D eigenvalue weighted by Gasteiger charge is -2.21. The van der Waals surface area contributed by atoms with E-state index in [1.54, 1.807) is 7.11 Å². The smallest absolute Gasteiger partial charge is 0.309 e. The molecule has 1 atom stereocenters. The number of methoxy groups -OCH3 is 1. The number of hydrogen-bond acceptors (Lipinski definition) is 3. The number of carbonyl (C=O) groups is 1. The van der Waals surface area contributed by atoms with Crippen molar-refractivity contribution < 1.29 is 14.3 Å². The fourth-order valence-electron chi connectivity index (χ4n) is 4.29. The van der Waals surface area contributed by atoms with Crippen LogP contribution in [0.25, 0.3) is 10.9 Å². The van der Waals surface area contributed by atoms with Gasteiger partial charge in [-0.2, -0.15) is 0 Å². The first-order valence-electron chi connectivity index (χ1n) is 9.46. The molecule has 0 amide bonds. The highest BCUT2D eigenvalue weighted by Crippen LogP contribution is 2.32. The van der Waals surface area contributed by atoms with E-state index in [-0.39, 0.29) is 11.9 Å². The first-order chi connectivity index (χ1) is 13.1. The lowest BCUT2D eigenvalue weighted by molar-refractivity contribution is -0.150. The number of ether oxygens (including phenoxy) is 2. The number of carbonyl (C=O) groups excluding carboxylic acids is 1. The largest absolute Gasteiger partial charge is 0.496 e. The van der Waals surface area contributed by atoms with Gasteiger partial charge in [-0.1, -0.05) is 18.2 Å². The quantitative estimate of drug-likeness (QED) is 0.687. The molecule has 1 unspecified atom stereocenters. The Hall–Kier alpha value is -2.75. The lowest BCUT2D eigenvalue weighted by atomic mass is 9.86. The fourth-order valence-corrected chi connectivity index (χ4v) is 4.29. The Bertz CT molecular complexity index is 979. The summed E-state index contributed by atoms with van der Waals surface area (Å²) in [5, 5.41) is 1.23. The lowest BCUT2D eigenvalue weighted by Crippen LogP contribution is -2.24. The number of para-hydroxylation sites is 1. The molecule has 4 nitrogen and oxygen atoms in total. The molecule has 0 radical (unpaired) electrons. The number of aryl methyl sites for hydroxylation is 3. The topological polar surface area (TPSA) is 51.3 Å². The molecule has 0 fully saturated rings. The second-order valence-electron chi connectivity index (χ2n) is 7.44. The maximum atomic E-state index is 12.7. The summed E-state index contributed by atoms with van der Waals surface area (Å²) in [5.74, 6) is 0.721. The van der Waals surface area contributed by atoms with Gasteiger partial charge in [-0.15, -0.1) is 0 Å². The minimum absolute atomic E-state index is 0.0721. The number of rotatable bonds is 4. The van der Waals surface area contributed by atoms with Gasteiger partial charge < -0.3 is 14.5 Å². The van der Waals surface area contributed by atoms with Crippen LogP contribution in [-0.2, 0) is 29.0 Å². The number of benzene rings is 2. The highest BCUT2D eigenvalue weighted by molar-refractivity contribution is 5.86.